The summed E-state index contributed by atoms with van der Waals surface area (Å²) in [7, 11) is 0. The molecule has 0 amide bonds. The van der Waals surface area contributed by atoms with Crippen LogP contribution in [0.25, 0.3) is 0 Å². The Kier molecular flexibility index (Phi) is 6.70. The van der Waals surface area contributed by atoms with Crippen LogP contribution in [0.2, 0.25) is 0 Å². The molecule has 0 spiro atoms. The first-order chi connectivity index (χ1) is 8.72. The van der Waals surface area contributed by atoms with Gasteiger partial charge in [0, 0.05) is 18.8 Å². The van der Waals surface area contributed by atoms with Crippen LogP contribution in [-0.4, -0.2) is 28.7 Å². The van der Waals surface area contributed by atoms with Crippen LogP contribution < -0.4 is 10.6 Å². The molecule has 0 aliphatic carbocycles. The lowest BCUT2D eigenvalue weighted by Crippen LogP contribution is -2.28. The van der Waals surface area contributed by atoms with Crippen LogP contribution in [0, 0.1) is 10.1 Å². The Morgan fingerprint density at radius 2 is 2.50 bits per heavy atom. The van der Waals surface area contributed by atoms with Crippen LogP contribution >= 0.6 is 11.8 Å². The molecule has 0 aromatic carbocycles. The van der Waals surface area contributed by atoms with Crippen LogP contribution in [0.1, 0.15) is 13.3 Å². The Hall–Kier alpha value is -1.70. The van der Waals surface area contributed by atoms with Crippen LogP contribution in [0.15, 0.2) is 34.1 Å². The van der Waals surface area contributed by atoms with Crippen molar-refractivity contribution < 1.29 is 9.34 Å². The third-order valence-corrected chi connectivity index (χ3v) is 2.81. The second kappa shape index (κ2) is 8.40. The summed E-state index contributed by atoms with van der Waals surface area (Å²) < 4.78 is 5.07. The van der Waals surface area contributed by atoms with Crippen molar-refractivity contribution in [3.63, 3.8) is 0 Å². The lowest BCUT2D eigenvalue weighted by atomic mass is 10.5. The van der Waals surface area contributed by atoms with Gasteiger partial charge in [0.25, 0.3) is 11.4 Å². The maximum atomic E-state index is 10.4. The van der Waals surface area contributed by atoms with Crippen LogP contribution in [0.4, 0.5) is 0 Å². The van der Waals surface area contributed by atoms with Crippen LogP contribution in [0.5, 0.6) is 0 Å². The molecule has 0 atom stereocenters. The number of oxazole rings is 1. The number of nitrogens with zero attached hydrogens (tertiary/aromatic N) is 2. The molecule has 0 radical (unpaired) electrons. The van der Waals surface area contributed by atoms with Gasteiger partial charge in [-0.2, -0.15) is 0 Å². The Bertz CT molecular complexity index is 380. The van der Waals surface area contributed by atoms with Crippen molar-refractivity contribution in [2.75, 3.05) is 18.8 Å². The Morgan fingerprint density at radius 1 is 1.67 bits per heavy atom. The fourth-order valence-electron chi connectivity index (χ4n) is 1.19. The highest BCUT2D eigenvalue weighted by Gasteiger charge is 2.01. The van der Waals surface area contributed by atoms with E-state index in [4.69, 9.17) is 4.42 Å². The second-order valence-corrected chi connectivity index (χ2v) is 4.33. The topological polar surface area (TPSA) is 93.2 Å². The van der Waals surface area contributed by atoms with Gasteiger partial charge < -0.3 is 15.1 Å². The molecular weight excluding hydrogens is 256 g/mol. The van der Waals surface area contributed by atoms with Gasteiger partial charge in [0.15, 0.2) is 5.82 Å². The quantitative estimate of drug-likeness (QED) is 0.304. The van der Waals surface area contributed by atoms with Crippen molar-refractivity contribution in [1.29, 1.82) is 0 Å². The van der Waals surface area contributed by atoms with Gasteiger partial charge in [-0.25, -0.2) is 4.98 Å². The molecule has 0 aliphatic heterocycles. The minimum absolute atomic E-state index is 0.434. The normalized spacial score (nSPS) is 11.3. The fourth-order valence-corrected chi connectivity index (χ4v) is 1.91. The minimum Gasteiger partial charge on any atom is -0.440 e. The first-order valence-electron chi connectivity index (χ1n) is 5.57. The van der Waals surface area contributed by atoms with Gasteiger partial charge in [-0.15, -0.1) is 0 Å². The average Bonchev–Trinajstić information content (AvgIpc) is 2.81. The third-order valence-electron chi connectivity index (χ3n) is 1.87. The average molecular weight is 272 g/mol. The van der Waals surface area contributed by atoms with E-state index in [1.54, 1.807) is 6.20 Å². The predicted octanol–water partition coefficient (Wildman–Crippen LogP) is 1.43. The Balaban J connectivity index is 2.16. The molecule has 0 bridgehead atoms. The summed E-state index contributed by atoms with van der Waals surface area (Å²) in [6.45, 7) is 3.17. The van der Waals surface area contributed by atoms with Crippen molar-refractivity contribution in [3.8, 4) is 0 Å². The summed E-state index contributed by atoms with van der Waals surface area (Å²) in [5, 5.41) is 16.9. The third kappa shape index (κ3) is 6.14. The molecule has 1 aromatic heterocycles. The maximum Gasteiger partial charge on any atom is 0.274 e. The zero-order chi connectivity index (χ0) is 13.2. The number of hydrogen-bond acceptors (Lipinski definition) is 7. The van der Waals surface area contributed by atoms with E-state index in [2.05, 4.69) is 15.6 Å². The molecule has 100 valence electrons. The summed E-state index contributed by atoms with van der Waals surface area (Å²) in [6.07, 6.45) is 4.92. The summed E-state index contributed by atoms with van der Waals surface area (Å²) in [5.41, 5.74) is 0. The summed E-state index contributed by atoms with van der Waals surface area (Å²) in [5.74, 6) is 1.27. The predicted molar refractivity (Wildman–Crippen MR) is 68.6 cm³/mol. The first-order valence-corrected chi connectivity index (χ1v) is 6.56. The van der Waals surface area contributed by atoms with E-state index < -0.39 is 4.92 Å². The Morgan fingerprint density at radius 3 is 3.11 bits per heavy atom. The molecule has 7 nitrogen and oxygen atoms in total. The molecule has 0 unspecified atom stereocenters. The summed E-state index contributed by atoms with van der Waals surface area (Å²) in [4.78, 5) is 13.9. The zero-order valence-corrected chi connectivity index (χ0v) is 10.9. The van der Waals surface area contributed by atoms with E-state index in [0.29, 0.717) is 24.1 Å². The number of aromatic nitrogens is 1. The fraction of sp³-hybridized carbons (Fsp3) is 0.500. The summed E-state index contributed by atoms with van der Waals surface area (Å²) in [6, 6.07) is 0. The van der Waals surface area contributed by atoms with Crippen molar-refractivity contribution in [3.05, 3.63) is 34.6 Å². The summed E-state index contributed by atoms with van der Waals surface area (Å²) >= 11 is 1.51. The number of hydrogen-bond donors (Lipinski definition) is 2. The maximum absolute atomic E-state index is 10.4. The molecular formula is C10H16N4O3S. The molecule has 8 heteroatoms. The molecule has 1 heterocycles. The molecule has 18 heavy (non-hydrogen) atoms. The lowest BCUT2D eigenvalue weighted by molar-refractivity contribution is -0.404. The van der Waals surface area contributed by atoms with Crippen molar-refractivity contribution in [2.24, 2.45) is 0 Å². The van der Waals surface area contributed by atoms with Gasteiger partial charge in [-0.3, -0.25) is 10.1 Å². The Labute approximate surface area is 109 Å². The molecule has 0 saturated heterocycles. The smallest absolute Gasteiger partial charge is 0.274 e. The molecule has 0 fully saturated rings. The van der Waals surface area contributed by atoms with E-state index in [0.717, 1.165) is 18.4 Å². The van der Waals surface area contributed by atoms with Gasteiger partial charge in [0.2, 0.25) is 0 Å². The van der Waals surface area contributed by atoms with Crippen LogP contribution in [0.3, 0.4) is 0 Å². The molecule has 0 saturated carbocycles. The van der Waals surface area contributed by atoms with Gasteiger partial charge in [-0.05, 0) is 13.3 Å². The van der Waals surface area contributed by atoms with Gasteiger partial charge in [0.05, 0.1) is 11.1 Å². The molecule has 1 aromatic rings. The SMILES string of the molecule is CCNC(=C[N+](=O)[O-])NCCCSc1ncco1. The monoisotopic (exact) mass is 272 g/mol. The largest absolute Gasteiger partial charge is 0.440 e. The van der Waals surface area contributed by atoms with Crippen molar-refractivity contribution in [1.82, 2.24) is 15.6 Å². The van der Waals surface area contributed by atoms with Gasteiger partial charge in [0.1, 0.15) is 6.26 Å². The molecule has 1 rings (SSSR count). The number of thioether (sulfide) groups is 1. The number of rotatable bonds is 9. The van der Waals surface area contributed by atoms with E-state index in [1.807, 2.05) is 6.92 Å². The standard InChI is InChI=1S/C10H16N4O3S/c1-2-11-9(8-14(15)16)12-4-3-7-18-10-13-5-6-17-10/h5-6,8,11-12H,2-4,7H2,1H3. The second-order valence-electron chi connectivity index (χ2n) is 3.29. The first kappa shape index (κ1) is 14.4. The number of nitrogens with one attached hydrogen (secondary N) is 2. The van der Waals surface area contributed by atoms with E-state index in [9.17, 15) is 10.1 Å². The molecule has 0 aliphatic rings. The van der Waals surface area contributed by atoms with Gasteiger partial charge >= 0.3 is 0 Å². The molecule has 2 N–H and O–H groups in total. The van der Waals surface area contributed by atoms with Gasteiger partial charge in [-0.1, -0.05) is 11.8 Å². The van der Waals surface area contributed by atoms with E-state index in [1.165, 1.54) is 18.0 Å². The van der Waals surface area contributed by atoms with Crippen LogP contribution in [-0.2, 0) is 0 Å². The highest BCUT2D eigenvalue weighted by molar-refractivity contribution is 7.99. The minimum atomic E-state index is -0.480. The lowest BCUT2D eigenvalue weighted by Gasteiger charge is -2.08. The van der Waals surface area contributed by atoms with Crippen molar-refractivity contribution >= 4 is 11.8 Å². The van der Waals surface area contributed by atoms with E-state index in [-0.39, 0.29) is 0 Å². The highest BCUT2D eigenvalue weighted by atomic mass is 32.2. The van der Waals surface area contributed by atoms with Crippen molar-refractivity contribution in [2.45, 2.75) is 18.6 Å². The van der Waals surface area contributed by atoms with E-state index >= 15 is 0 Å². The number of nitro groups is 1. The zero-order valence-electron chi connectivity index (χ0n) is 10.1. The highest BCUT2D eigenvalue weighted by Crippen LogP contribution is 2.14.